The van der Waals surface area contributed by atoms with Crippen LogP contribution in [0.2, 0.25) is 5.15 Å². The van der Waals surface area contributed by atoms with Gasteiger partial charge in [-0.1, -0.05) is 11.6 Å². The lowest BCUT2D eigenvalue weighted by atomic mass is 10.1. The zero-order valence-electron chi connectivity index (χ0n) is 7.13. The molecule has 0 amide bonds. The topological polar surface area (TPSA) is 48.1 Å². The summed E-state index contributed by atoms with van der Waals surface area (Å²) in [4.78, 5) is 3.90. The maximum atomic E-state index is 5.83. The molecule has 0 spiro atoms. The molecule has 2 N–H and O–H groups in total. The van der Waals surface area contributed by atoms with Crippen LogP contribution in [0.4, 0.5) is 0 Å². The summed E-state index contributed by atoms with van der Waals surface area (Å²) in [5.74, 6) is 0. The first-order chi connectivity index (χ1) is 6.15. The van der Waals surface area contributed by atoms with Gasteiger partial charge in [0.05, 0.1) is 12.6 Å². The molecule has 0 unspecified atom stereocenters. The lowest BCUT2D eigenvalue weighted by Crippen LogP contribution is -2.16. The summed E-state index contributed by atoms with van der Waals surface area (Å²) < 4.78 is 5.79. The lowest BCUT2D eigenvalue weighted by molar-refractivity contribution is 0.180. The first-order valence-electron chi connectivity index (χ1n) is 3.70. The highest BCUT2D eigenvalue weighted by molar-refractivity contribution is 9.10. The summed E-state index contributed by atoms with van der Waals surface area (Å²) in [5, 5.41) is 0.435. The molecule has 5 heteroatoms. The van der Waals surface area contributed by atoms with E-state index in [1.165, 1.54) is 0 Å². The third kappa shape index (κ3) is 2.91. The molecule has 0 aliphatic rings. The van der Waals surface area contributed by atoms with Crippen molar-refractivity contribution in [3.05, 3.63) is 27.5 Å². The van der Waals surface area contributed by atoms with Crippen LogP contribution < -0.4 is 5.73 Å². The number of ether oxygens (including phenoxy) is 1. The van der Waals surface area contributed by atoms with Crippen LogP contribution >= 0.6 is 27.5 Å². The average Bonchev–Trinajstić information content (AvgIpc) is 2.09. The van der Waals surface area contributed by atoms with Crippen LogP contribution in [-0.2, 0) is 4.74 Å². The van der Waals surface area contributed by atoms with Gasteiger partial charge in [0.25, 0.3) is 0 Å². The van der Waals surface area contributed by atoms with Crippen molar-refractivity contribution in [2.45, 2.75) is 6.04 Å². The van der Waals surface area contributed by atoms with Crippen molar-refractivity contribution >= 4 is 27.5 Å². The molecule has 0 saturated carbocycles. The average molecular weight is 266 g/mol. The normalized spacial score (nSPS) is 12.9. The van der Waals surface area contributed by atoms with Gasteiger partial charge in [0.15, 0.2) is 0 Å². The summed E-state index contributed by atoms with van der Waals surface area (Å²) >= 11 is 9.08. The van der Waals surface area contributed by atoms with Gasteiger partial charge in [-0.3, -0.25) is 0 Å². The van der Waals surface area contributed by atoms with Crippen LogP contribution in [-0.4, -0.2) is 18.7 Å². The van der Waals surface area contributed by atoms with E-state index in [0.717, 1.165) is 10.0 Å². The molecule has 1 rings (SSSR count). The molecule has 1 aromatic rings. The van der Waals surface area contributed by atoms with E-state index in [2.05, 4.69) is 20.9 Å². The highest BCUT2D eigenvalue weighted by Crippen LogP contribution is 2.23. The highest BCUT2D eigenvalue weighted by atomic mass is 79.9. The maximum absolute atomic E-state index is 5.83. The summed E-state index contributed by atoms with van der Waals surface area (Å²) in [6.45, 7) is 0.457. The first kappa shape index (κ1) is 10.9. The zero-order chi connectivity index (χ0) is 9.84. The van der Waals surface area contributed by atoms with Crippen LogP contribution in [0.25, 0.3) is 0 Å². The molecular weight excluding hydrogens is 255 g/mol. The zero-order valence-corrected chi connectivity index (χ0v) is 9.47. The minimum atomic E-state index is -0.181. The second-order valence-corrected chi connectivity index (χ2v) is 3.83. The van der Waals surface area contributed by atoms with E-state index in [0.29, 0.717) is 11.8 Å². The molecule has 0 aromatic carbocycles. The molecule has 0 aliphatic heterocycles. The largest absolute Gasteiger partial charge is 0.383 e. The minimum Gasteiger partial charge on any atom is -0.383 e. The molecule has 13 heavy (non-hydrogen) atoms. The van der Waals surface area contributed by atoms with E-state index in [-0.39, 0.29) is 6.04 Å². The predicted octanol–water partition coefficient (Wildman–Crippen LogP) is 2.14. The van der Waals surface area contributed by atoms with Crippen molar-refractivity contribution in [1.82, 2.24) is 4.98 Å². The molecule has 3 nitrogen and oxygen atoms in total. The predicted molar refractivity (Wildman–Crippen MR) is 55.8 cm³/mol. The third-order valence-corrected chi connectivity index (χ3v) is 2.47. The SMILES string of the molecule is COC[C@@H](N)c1cc(Cl)ncc1Br. The van der Waals surface area contributed by atoms with E-state index in [1.54, 1.807) is 19.4 Å². The maximum Gasteiger partial charge on any atom is 0.129 e. The van der Waals surface area contributed by atoms with E-state index in [4.69, 9.17) is 22.1 Å². The Balaban J connectivity index is 2.91. The van der Waals surface area contributed by atoms with E-state index >= 15 is 0 Å². The summed E-state index contributed by atoms with van der Waals surface area (Å²) in [7, 11) is 1.61. The molecular formula is C8H10BrClN2O. The quantitative estimate of drug-likeness (QED) is 0.852. The summed E-state index contributed by atoms with van der Waals surface area (Å²) in [5.41, 5.74) is 6.74. The monoisotopic (exact) mass is 264 g/mol. The molecule has 0 aliphatic carbocycles. The van der Waals surface area contributed by atoms with Crippen LogP contribution in [0.1, 0.15) is 11.6 Å². The number of methoxy groups -OCH3 is 1. The molecule has 1 aromatic heterocycles. The van der Waals surface area contributed by atoms with Gasteiger partial charge in [0, 0.05) is 17.8 Å². The van der Waals surface area contributed by atoms with E-state index in [9.17, 15) is 0 Å². The number of hydrogen-bond acceptors (Lipinski definition) is 3. The molecule has 1 atom stereocenters. The van der Waals surface area contributed by atoms with Gasteiger partial charge >= 0.3 is 0 Å². The Morgan fingerprint density at radius 3 is 3.08 bits per heavy atom. The highest BCUT2D eigenvalue weighted by Gasteiger charge is 2.10. The smallest absolute Gasteiger partial charge is 0.129 e. The number of pyridine rings is 1. The van der Waals surface area contributed by atoms with Crippen molar-refractivity contribution in [3.8, 4) is 0 Å². The Labute approximate surface area is 90.4 Å². The Hall–Kier alpha value is -0.160. The van der Waals surface area contributed by atoms with Crippen molar-refractivity contribution < 1.29 is 4.74 Å². The standard InChI is InChI=1S/C8H10BrClN2O/c1-13-4-7(11)5-2-8(10)12-3-6(5)9/h2-3,7H,4,11H2,1H3/t7-/m1/s1. The molecule has 1 heterocycles. The number of nitrogens with two attached hydrogens (primary N) is 1. The molecule has 0 saturated heterocycles. The van der Waals surface area contributed by atoms with Gasteiger partial charge in [-0.15, -0.1) is 0 Å². The van der Waals surface area contributed by atoms with E-state index < -0.39 is 0 Å². The Morgan fingerprint density at radius 2 is 2.46 bits per heavy atom. The number of hydrogen-bond donors (Lipinski definition) is 1. The second kappa shape index (κ2) is 4.91. The second-order valence-electron chi connectivity index (χ2n) is 2.59. The van der Waals surface area contributed by atoms with Gasteiger partial charge in [-0.2, -0.15) is 0 Å². The van der Waals surface area contributed by atoms with Crippen LogP contribution in [0.15, 0.2) is 16.7 Å². The van der Waals surface area contributed by atoms with Crippen LogP contribution in [0.5, 0.6) is 0 Å². The molecule has 0 fully saturated rings. The number of aromatic nitrogens is 1. The molecule has 72 valence electrons. The van der Waals surface area contributed by atoms with Gasteiger partial charge in [0.2, 0.25) is 0 Å². The van der Waals surface area contributed by atoms with Crippen molar-refractivity contribution in [3.63, 3.8) is 0 Å². The minimum absolute atomic E-state index is 0.181. The Kier molecular flexibility index (Phi) is 4.12. The third-order valence-electron chi connectivity index (χ3n) is 1.60. The van der Waals surface area contributed by atoms with Gasteiger partial charge < -0.3 is 10.5 Å². The van der Waals surface area contributed by atoms with Crippen molar-refractivity contribution in [1.29, 1.82) is 0 Å². The fourth-order valence-corrected chi connectivity index (χ4v) is 1.66. The Bertz CT molecular complexity index is 295. The number of nitrogens with zero attached hydrogens (tertiary/aromatic N) is 1. The number of halogens is 2. The molecule has 0 bridgehead atoms. The van der Waals surface area contributed by atoms with E-state index in [1.807, 2.05) is 0 Å². The Morgan fingerprint density at radius 1 is 1.77 bits per heavy atom. The summed E-state index contributed by atoms with van der Waals surface area (Å²) in [6.07, 6.45) is 1.63. The van der Waals surface area contributed by atoms with Crippen molar-refractivity contribution in [2.24, 2.45) is 5.73 Å². The lowest BCUT2D eigenvalue weighted by Gasteiger charge is -2.12. The van der Waals surface area contributed by atoms with Gasteiger partial charge in [-0.25, -0.2) is 4.98 Å². The summed E-state index contributed by atoms with van der Waals surface area (Å²) in [6, 6.07) is 1.55. The van der Waals surface area contributed by atoms with Crippen LogP contribution in [0.3, 0.4) is 0 Å². The van der Waals surface area contributed by atoms with Crippen LogP contribution in [0, 0.1) is 0 Å². The fraction of sp³-hybridized carbons (Fsp3) is 0.375. The van der Waals surface area contributed by atoms with Crippen molar-refractivity contribution in [2.75, 3.05) is 13.7 Å². The van der Waals surface area contributed by atoms with Gasteiger partial charge in [-0.05, 0) is 27.6 Å². The first-order valence-corrected chi connectivity index (χ1v) is 4.87. The number of rotatable bonds is 3. The van der Waals surface area contributed by atoms with Gasteiger partial charge in [0.1, 0.15) is 5.15 Å². The molecule has 0 radical (unpaired) electrons. The fourth-order valence-electron chi connectivity index (χ4n) is 0.981.